The monoisotopic (exact) mass is 460 g/mol. The van der Waals surface area contributed by atoms with Gasteiger partial charge in [-0.2, -0.15) is 5.26 Å². The summed E-state index contributed by atoms with van der Waals surface area (Å²) in [5, 5.41) is 11.5. The molecule has 28 heavy (non-hydrogen) atoms. The van der Waals surface area contributed by atoms with E-state index in [1.54, 1.807) is 30.5 Å². The molecule has 2 aromatic carbocycles. The first-order valence-electron chi connectivity index (χ1n) is 8.27. The van der Waals surface area contributed by atoms with E-state index >= 15 is 0 Å². The highest BCUT2D eigenvalue weighted by molar-refractivity contribution is 9.10. The SMILES string of the molecule is CCOc1cc(C#N)cc(Br)c1OC(=O)Cc1csc(-c2ccc(F)cc2)n1. The fourth-order valence-electron chi connectivity index (χ4n) is 2.41. The summed E-state index contributed by atoms with van der Waals surface area (Å²) < 4.78 is 24.4. The molecule has 0 aliphatic carbocycles. The average molecular weight is 461 g/mol. The van der Waals surface area contributed by atoms with Crippen molar-refractivity contribution < 1.29 is 18.7 Å². The van der Waals surface area contributed by atoms with Crippen LogP contribution in [0.5, 0.6) is 11.5 Å². The lowest BCUT2D eigenvalue weighted by Crippen LogP contribution is -2.13. The van der Waals surface area contributed by atoms with Crippen molar-refractivity contribution in [2.24, 2.45) is 0 Å². The molecule has 0 bridgehead atoms. The maximum Gasteiger partial charge on any atom is 0.317 e. The summed E-state index contributed by atoms with van der Waals surface area (Å²) in [5.74, 6) is -0.295. The summed E-state index contributed by atoms with van der Waals surface area (Å²) in [4.78, 5) is 16.8. The van der Waals surface area contributed by atoms with Crippen molar-refractivity contribution >= 4 is 33.2 Å². The summed E-state index contributed by atoms with van der Waals surface area (Å²) >= 11 is 4.68. The number of thiazole rings is 1. The molecule has 0 unspecified atom stereocenters. The molecule has 0 aliphatic rings. The molecule has 0 spiro atoms. The lowest BCUT2D eigenvalue weighted by molar-refractivity contribution is -0.133. The van der Waals surface area contributed by atoms with E-state index < -0.39 is 5.97 Å². The number of nitriles is 1. The first-order chi connectivity index (χ1) is 13.5. The van der Waals surface area contributed by atoms with E-state index in [0.29, 0.717) is 33.1 Å². The predicted molar refractivity (Wildman–Crippen MR) is 107 cm³/mol. The van der Waals surface area contributed by atoms with Gasteiger partial charge in [-0.15, -0.1) is 11.3 Å². The van der Waals surface area contributed by atoms with E-state index in [1.807, 2.05) is 6.07 Å². The quantitative estimate of drug-likeness (QED) is 0.376. The lowest BCUT2D eigenvalue weighted by atomic mass is 10.2. The number of carbonyl (C=O) groups is 1. The van der Waals surface area contributed by atoms with Gasteiger partial charge in [-0.25, -0.2) is 9.37 Å². The van der Waals surface area contributed by atoms with E-state index in [2.05, 4.69) is 20.9 Å². The van der Waals surface area contributed by atoms with Crippen molar-refractivity contribution in [3.05, 3.63) is 63.3 Å². The highest BCUT2D eigenvalue weighted by atomic mass is 79.9. The van der Waals surface area contributed by atoms with E-state index in [0.717, 1.165) is 5.56 Å². The predicted octanol–water partition coefficient (Wildman–Crippen LogP) is 5.13. The number of halogens is 2. The summed E-state index contributed by atoms with van der Waals surface area (Å²) in [6, 6.07) is 11.1. The minimum Gasteiger partial charge on any atom is -0.490 e. The van der Waals surface area contributed by atoms with E-state index in [-0.39, 0.29) is 18.0 Å². The van der Waals surface area contributed by atoms with Crippen molar-refractivity contribution in [3.63, 3.8) is 0 Å². The molecule has 0 saturated carbocycles. The van der Waals surface area contributed by atoms with Crippen molar-refractivity contribution in [2.45, 2.75) is 13.3 Å². The van der Waals surface area contributed by atoms with Gasteiger partial charge in [0.05, 0.1) is 34.8 Å². The Morgan fingerprint density at radius 3 is 2.75 bits per heavy atom. The third kappa shape index (κ3) is 4.74. The largest absolute Gasteiger partial charge is 0.490 e. The molecule has 0 aliphatic heterocycles. The van der Waals surface area contributed by atoms with Crippen LogP contribution in [0.15, 0.2) is 46.3 Å². The number of nitrogens with zero attached hydrogens (tertiary/aromatic N) is 2. The van der Waals surface area contributed by atoms with E-state index in [1.165, 1.54) is 29.5 Å². The second-order valence-electron chi connectivity index (χ2n) is 5.63. The lowest BCUT2D eigenvalue weighted by Gasteiger charge is -2.12. The van der Waals surface area contributed by atoms with Crippen LogP contribution in [0.4, 0.5) is 4.39 Å². The third-order valence-electron chi connectivity index (χ3n) is 3.62. The van der Waals surface area contributed by atoms with Crippen LogP contribution in [0.3, 0.4) is 0 Å². The minimum absolute atomic E-state index is 0.0320. The highest BCUT2D eigenvalue weighted by Gasteiger charge is 2.18. The summed E-state index contributed by atoms with van der Waals surface area (Å²) in [6.07, 6.45) is -0.0320. The van der Waals surface area contributed by atoms with Gasteiger partial charge in [0, 0.05) is 17.0 Å². The van der Waals surface area contributed by atoms with Crippen molar-refractivity contribution in [3.8, 4) is 28.1 Å². The van der Waals surface area contributed by atoms with Crippen LogP contribution in [0.1, 0.15) is 18.2 Å². The summed E-state index contributed by atoms with van der Waals surface area (Å²) in [6.45, 7) is 2.16. The van der Waals surface area contributed by atoms with Gasteiger partial charge in [0.1, 0.15) is 10.8 Å². The number of esters is 1. The van der Waals surface area contributed by atoms with Gasteiger partial charge in [0.15, 0.2) is 11.5 Å². The van der Waals surface area contributed by atoms with Gasteiger partial charge in [0.25, 0.3) is 0 Å². The van der Waals surface area contributed by atoms with Gasteiger partial charge in [-0.05, 0) is 53.2 Å². The number of aromatic nitrogens is 1. The highest BCUT2D eigenvalue weighted by Crippen LogP contribution is 2.37. The molecule has 3 aromatic rings. The molecule has 0 N–H and O–H groups in total. The van der Waals surface area contributed by atoms with E-state index in [4.69, 9.17) is 14.7 Å². The van der Waals surface area contributed by atoms with E-state index in [9.17, 15) is 9.18 Å². The molecule has 0 amide bonds. The van der Waals surface area contributed by atoms with Crippen LogP contribution in [0, 0.1) is 17.1 Å². The summed E-state index contributed by atoms with van der Waals surface area (Å²) in [7, 11) is 0. The number of carbonyl (C=O) groups excluding carboxylic acids is 1. The van der Waals surface area contributed by atoms with Crippen molar-refractivity contribution in [2.75, 3.05) is 6.61 Å². The minimum atomic E-state index is -0.512. The van der Waals surface area contributed by atoms with Crippen LogP contribution in [0.2, 0.25) is 0 Å². The second-order valence-corrected chi connectivity index (χ2v) is 7.34. The molecule has 142 valence electrons. The van der Waals surface area contributed by atoms with Gasteiger partial charge in [-0.1, -0.05) is 0 Å². The second kappa shape index (κ2) is 8.95. The Bertz CT molecular complexity index is 1040. The van der Waals surface area contributed by atoms with Crippen LogP contribution < -0.4 is 9.47 Å². The summed E-state index contributed by atoms with van der Waals surface area (Å²) in [5.41, 5.74) is 1.72. The fraction of sp³-hybridized carbons (Fsp3) is 0.150. The number of hydrogen-bond acceptors (Lipinski definition) is 6. The van der Waals surface area contributed by atoms with Crippen LogP contribution in [-0.2, 0) is 11.2 Å². The number of ether oxygens (including phenoxy) is 2. The van der Waals surface area contributed by atoms with Gasteiger partial charge >= 0.3 is 5.97 Å². The fourth-order valence-corrected chi connectivity index (χ4v) is 3.75. The van der Waals surface area contributed by atoms with Crippen molar-refractivity contribution in [1.82, 2.24) is 4.98 Å². The molecule has 0 saturated heterocycles. The number of hydrogen-bond donors (Lipinski definition) is 0. The Kier molecular flexibility index (Phi) is 6.39. The molecule has 1 aromatic heterocycles. The van der Waals surface area contributed by atoms with Gasteiger partial charge in [-0.3, -0.25) is 4.79 Å². The van der Waals surface area contributed by atoms with Gasteiger partial charge < -0.3 is 9.47 Å². The molecular weight excluding hydrogens is 447 g/mol. The standard InChI is InChI=1S/C20H14BrFN2O3S/c1-2-26-17-8-12(10-23)7-16(21)19(17)27-18(25)9-15-11-28-20(24-15)13-3-5-14(22)6-4-13/h3-8,11H,2,9H2,1H3. The Hall–Kier alpha value is -2.76. The first kappa shape index (κ1) is 20.0. The normalized spacial score (nSPS) is 10.4. The van der Waals surface area contributed by atoms with Crippen molar-refractivity contribution in [1.29, 1.82) is 5.26 Å². The number of rotatable bonds is 6. The Balaban J connectivity index is 1.74. The van der Waals surface area contributed by atoms with Crippen LogP contribution in [-0.4, -0.2) is 17.6 Å². The molecular formula is C20H14BrFN2O3S. The molecule has 5 nitrogen and oxygen atoms in total. The smallest absolute Gasteiger partial charge is 0.317 e. The maximum absolute atomic E-state index is 13.0. The molecule has 0 fully saturated rings. The average Bonchev–Trinajstić information content (AvgIpc) is 3.13. The van der Waals surface area contributed by atoms with Crippen LogP contribution >= 0.6 is 27.3 Å². The Labute approximate surface area is 173 Å². The van der Waals surface area contributed by atoms with Crippen LogP contribution in [0.25, 0.3) is 10.6 Å². The zero-order valence-electron chi connectivity index (χ0n) is 14.7. The molecule has 1 heterocycles. The first-order valence-corrected chi connectivity index (χ1v) is 9.95. The third-order valence-corrected chi connectivity index (χ3v) is 5.15. The molecule has 0 radical (unpaired) electrons. The Morgan fingerprint density at radius 2 is 2.07 bits per heavy atom. The maximum atomic E-state index is 13.0. The van der Waals surface area contributed by atoms with Gasteiger partial charge in [0.2, 0.25) is 0 Å². The topological polar surface area (TPSA) is 72.2 Å². The molecule has 0 atom stereocenters. The zero-order valence-corrected chi connectivity index (χ0v) is 17.1. The zero-order chi connectivity index (χ0) is 20.1. The molecule has 8 heteroatoms. The Morgan fingerprint density at radius 1 is 1.32 bits per heavy atom. The molecule has 3 rings (SSSR count). The number of benzene rings is 2.